The average molecular weight is 406 g/mol. The first-order valence-corrected chi connectivity index (χ1v) is 11.2. The minimum atomic E-state index is -3.53. The van der Waals surface area contributed by atoms with Crippen LogP contribution in [0.4, 0.5) is 0 Å². The monoisotopic (exact) mass is 405 g/mol. The highest BCUT2D eigenvalue weighted by Gasteiger charge is 2.30. The number of amides is 1. The lowest BCUT2D eigenvalue weighted by molar-refractivity contribution is -0.129. The molecule has 8 heteroatoms. The molecule has 0 bridgehead atoms. The zero-order chi connectivity index (χ0) is 19.4. The van der Waals surface area contributed by atoms with Gasteiger partial charge in [-0.15, -0.1) is 0 Å². The summed E-state index contributed by atoms with van der Waals surface area (Å²) in [6, 6.07) is 10.9. The molecule has 2 aromatic rings. The number of rotatable bonds is 5. The number of carbonyl (C=O) groups excluding carboxylic acids is 1. The summed E-state index contributed by atoms with van der Waals surface area (Å²) in [6.07, 6.45) is 1.70. The molecule has 0 N–H and O–H groups in total. The third kappa shape index (κ3) is 4.69. The number of sulfonamides is 1. The maximum absolute atomic E-state index is 12.9. The number of carbonyl (C=O) groups is 1. The first-order chi connectivity index (χ1) is 12.9. The van der Waals surface area contributed by atoms with Crippen molar-refractivity contribution in [3.8, 4) is 0 Å². The summed E-state index contributed by atoms with van der Waals surface area (Å²) in [5, 5.41) is 0.807. The van der Waals surface area contributed by atoms with Gasteiger partial charge in [0, 0.05) is 32.4 Å². The van der Waals surface area contributed by atoms with E-state index in [0.717, 1.165) is 16.2 Å². The van der Waals surface area contributed by atoms with Crippen molar-refractivity contribution in [1.82, 2.24) is 14.2 Å². The van der Waals surface area contributed by atoms with Crippen LogP contribution in [0.5, 0.6) is 0 Å². The quantitative estimate of drug-likeness (QED) is 0.714. The number of aromatic nitrogens is 1. The van der Waals surface area contributed by atoms with Crippen molar-refractivity contribution in [3.63, 3.8) is 0 Å². The van der Waals surface area contributed by atoms with E-state index in [1.54, 1.807) is 17.2 Å². The fourth-order valence-electron chi connectivity index (χ4n) is 3.07. The zero-order valence-electron chi connectivity index (χ0n) is 15.5. The molecule has 144 valence electrons. The van der Waals surface area contributed by atoms with Crippen molar-refractivity contribution < 1.29 is 13.2 Å². The fraction of sp³-hybridized carbons (Fsp3) is 0.368. The molecule has 0 atom stereocenters. The van der Waals surface area contributed by atoms with Gasteiger partial charge in [-0.1, -0.05) is 35.5 Å². The summed E-state index contributed by atoms with van der Waals surface area (Å²) in [6.45, 7) is 5.20. The van der Waals surface area contributed by atoms with Gasteiger partial charge in [-0.3, -0.25) is 4.79 Å². The molecule has 0 aliphatic carbocycles. The number of hydrogen-bond donors (Lipinski definition) is 0. The van der Waals surface area contributed by atoms with E-state index >= 15 is 0 Å². The van der Waals surface area contributed by atoms with E-state index in [9.17, 15) is 13.2 Å². The van der Waals surface area contributed by atoms with E-state index in [0.29, 0.717) is 36.8 Å². The molecule has 1 aromatic carbocycles. The standard InChI is InChI=1S/C19H23N3O3S2/c1-15-6-7-17(16(2)13-15)27(24,25)22-11-9-21(10-12-22)19(23)14-26-18-5-3-4-8-20-18/h3-8,13H,9-12,14H2,1-2H3. The van der Waals surface area contributed by atoms with Gasteiger partial charge in [0.1, 0.15) is 0 Å². The number of aryl methyl sites for hydroxylation is 2. The van der Waals surface area contributed by atoms with Crippen molar-refractivity contribution in [3.05, 3.63) is 53.7 Å². The van der Waals surface area contributed by atoms with Crippen molar-refractivity contribution in [1.29, 1.82) is 0 Å². The first-order valence-electron chi connectivity index (χ1n) is 8.77. The molecule has 0 unspecified atom stereocenters. The fourth-order valence-corrected chi connectivity index (χ4v) is 5.46. The molecule has 2 heterocycles. The van der Waals surface area contributed by atoms with Gasteiger partial charge in [-0.25, -0.2) is 13.4 Å². The van der Waals surface area contributed by atoms with E-state index in [-0.39, 0.29) is 5.91 Å². The van der Waals surface area contributed by atoms with Gasteiger partial charge in [-0.2, -0.15) is 4.31 Å². The number of thioether (sulfide) groups is 1. The van der Waals surface area contributed by atoms with E-state index in [2.05, 4.69) is 4.98 Å². The predicted molar refractivity (Wildman–Crippen MR) is 106 cm³/mol. The lowest BCUT2D eigenvalue weighted by Gasteiger charge is -2.34. The van der Waals surface area contributed by atoms with Crippen molar-refractivity contribution >= 4 is 27.7 Å². The molecule has 27 heavy (non-hydrogen) atoms. The average Bonchev–Trinajstić information content (AvgIpc) is 2.66. The lowest BCUT2D eigenvalue weighted by atomic mass is 10.2. The van der Waals surface area contributed by atoms with Crippen LogP contribution in [0.3, 0.4) is 0 Å². The summed E-state index contributed by atoms with van der Waals surface area (Å²) in [7, 11) is -3.53. The smallest absolute Gasteiger partial charge is 0.243 e. The molecule has 1 aromatic heterocycles. The lowest BCUT2D eigenvalue weighted by Crippen LogP contribution is -2.51. The van der Waals surface area contributed by atoms with Gasteiger partial charge in [0.05, 0.1) is 15.7 Å². The largest absolute Gasteiger partial charge is 0.339 e. The van der Waals surface area contributed by atoms with E-state index in [1.807, 2.05) is 44.2 Å². The van der Waals surface area contributed by atoms with Crippen LogP contribution in [0.25, 0.3) is 0 Å². The molecule has 0 radical (unpaired) electrons. The van der Waals surface area contributed by atoms with Gasteiger partial charge in [0.2, 0.25) is 15.9 Å². The molecule has 1 fully saturated rings. The van der Waals surface area contributed by atoms with Crippen LogP contribution < -0.4 is 0 Å². The SMILES string of the molecule is Cc1ccc(S(=O)(=O)N2CCN(C(=O)CSc3ccccn3)CC2)c(C)c1. The third-order valence-electron chi connectivity index (χ3n) is 4.52. The number of piperazine rings is 1. The molecule has 3 rings (SSSR count). The van der Waals surface area contributed by atoms with Crippen molar-refractivity contribution in [2.45, 2.75) is 23.8 Å². The van der Waals surface area contributed by atoms with E-state index < -0.39 is 10.0 Å². The summed E-state index contributed by atoms with van der Waals surface area (Å²) >= 11 is 1.39. The Kier molecular flexibility index (Phi) is 6.18. The van der Waals surface area contributed by atoms with Crippen LogP contribution in [0.15, 0.2) is 52.5 Å². The number of hydrogen-bond acceptors (Lipinski definition) is 5. The minimum absolute atomic E-state index is 0.00853. The Hall–Kier alpha value is -1.90. The van der Waals surface area contributed by atoms with Gasteiger partial charge in [0.25, 0.3) is 0 Å². The second-order valence-electron chi connectivity index (χ2n) is 6.51. The molecule has 1 saturated heterocycles. The highest BCUT2D eigenvalue weighted by molar-refractivity contribution is 7.99. The molecular formula is C19H23N3O3S2. The minimum Gasteiger partial charge on any atom is -0.339 e. The Labute approximate surface area is 164 Å². The molecule has 1 amide bonds. The highest BCUT2D eigenvalue weighted by atomic mass is 32.2. The van der Waals surface area contributed by atoms with Gasteiger partial charge in [-0.05, 0) is 37.6 Å². The summed E-state index contributed by atoms with van der Waals surface area (Å²) in [5.74, 6) is 0.315. The molecular weight excluding hydrogens is 382 g/mol. The molecule has 1 aliphatic heterocycles. The van der Waals surface area contributed by atoms with Crippen LogP contribution in [0.1, 0.15) is 11.1 Å². The summed E-state index contributed by atoms with van der Waals surface area (Å²) in [4.78, 5) is 18.7. The Morgan fingerprint density at radius 2 is 1.85 bits per heavy atom. The normalized spacial score (nSPS) is 15.7. The first kappa shape index (κ1) is 19.9. The second kappa shape index (κ2) is 8.41. The Bertz CT molecular complexity index is 909. The molecule has 6 nitrogen and oxygen atoms in total. The number of pyridine rings is 1. The zero-order valence-corrected chi connectivity index (χ0v) is 17.1. The Balaban J connectivity index is 1.58. The van der Waals surface area contributed by atoms with Crippen LogP contribution in [-0.4, -0.2) is 60.4 Å². The van der Waals surface area contributed by atoms with Crippen molar-refractivity contribution in [2.24, 2.45) is 0 Å². The van der Waals surface area contributed by atoms with Gasteiger partial charge in [0.15, 0.2) is 0 Å². The topological polar surface area (TPSA) is 70.6 Å². The predicted octanol–water partition coefficient (Wildman–Crippen LogP) is 2.32. The van der Waals surface area contributed by atoms with E-state index in [1.165, 1.54) is 16.1 Å². The Morgan fingerprint density at radius 1 is 1.11 bits per heavy atom. The summed E-state index contributed by atoms with van der Waals surface area (Å²) < 4.78 is 27.3. The van der Waals surface area contributed by atoms with Crippen LogP contribution >= 0.6 is 11.8 Å². The molecule has 0 spiro atoms. The van der Waals surface area contributed by atoms with Crippen LogP contribution in [0, 0.1) is 13.8 Å². The Morgan fingerprint density at radius 3 is 2.48 bits per heavy atom. The van der Waals surface area contributed by atoms with Crippen LogP contribution in [0.2, 0.25) is 0 Å². The van der Waals surface area contributed by atoms with Crippen molar-refractivity contribution in [2.75, 3.05) is 31.9 Å². The van der Waals surface area contributed by atoms with Gasteiger partial charge < -0.3 is 4.90 Å². The van der Waals surface area contributed by atoms with Gasteiger partial charge >= 0.3 is 0 Å². The maximum atomic E-state index is 12.9. The van der Waals surface area contributed by atoms with E-state index in [4.69, 9.17) is 0 Å². The summed E-state index contributed by atoms with van der Waals surface area (Å²) in [5.41, 5.74) is 1.78. The molecule has 1 aliphatic rings. The number of nitrogens with zero attached hydrogens (tertiary/aromatic N) is 3. The molecule has 0 saturated carbocycles. The highest BCUT2D eigenvalue weighted by Crippen LogP contribution is 2.22. The third-order valence-corrected chi connectivity index (χ3v) is 7.51. The number of benzene rings is 1. The van der Waals surface area contributed by atoms with Crippen LogP contribution in [-0.2, 0) is 14.8 Å². The second-order valence-corrected chi connectivity index (χ2v) is 9.41. The maximum Gasteiger partial charge on any atom is 0.243 e.